The molecule has 0 radical (unpaired) electrons. The van der Waals surface area contributed by atoms with Gasteiger partial charge in [-0.15, -0.1) is 0 Å². The van der Waals surface area contributed by atoms with Crippen LogP contribution in [0.4, 0.5) is 13.2 Å². The Morgan fingerprint density at radius 2 is 1.65 bits per heavy atom. The molecule has 0 N–H and O–H groups in total. The lowest BCUT2D eigenvalue weighted by molar-refractivity contribution is -0.137. The van der Waals surface area contributed by atoms with E-state index in [2.05, 4.69) is 9.97 Å². The first-order valence-corrected chi connectivity index (χ1v) is 6.37. The van der Waals surface area contributed by atoms with Gasteiger partial charge >= 0.3 is 6.18 Å². The molecule has 1 aromatic carbocycles. The number of hydrogen-bond donors (Lipinski definition) is 0. The summed E-state index contributed by atoms with van der Waals surface area (Å²) in [4.78, 5) is 8.14. The molecule has 0 bridgehead atoms. The van der Waals surface area contributed by atoms with Gasteiger partial charge in [-0.2, -0.15) is 13.2 Å². The highest BCUT2D eigenvalue weighted by molar-refractivity contribution is 6.28. The molecule has 0 unspecified atom stereocenters. The lowest BCUT2D eigenvalue weighted by Gasteiger charge is -2.09. The molecule has 0 amide bonds. The van der Waals surface area contributed by atoms with E-state index in [-0.39, 0.29) is 11.2 Å². The third-order valence-corrected chi connectivity index (χ3v) is 2.99. The van der Waals surface area contributed by atoms with Crippen LogP contribution in [0.25, 0.3) is 11.3 Å². The maximum Gasteiger partial charge on any atom is 0.416 e. The van der Waals surface area contributed by atoms with Crippen molar-refractivity contribution < 1.29 is 13.2 Å². The van der Waals surface area contributed by atoms with Crippen LogP contribution >= 0.6 is 11.6 Å². The zero-order valence-corrected chi connectivity index (χ0v) is 11.6. The molecule has 0 aliphatic rings. The molecule has 0 aliphatic carbocycles. The van der Waals surface area contributed by atoms with Crippen LogP contribution in [0.5, 0.6) is 0 Å². The molecule has 0 spiro atoms. The average Bonchev–Trinajstić information content (AvgIpc) is 2.37. The van der Waals surface area contributed by atoms with Crippen LogP contribution in [-0.2, 0) is 6.18 Å². The number of nitrogens with zero attached hydrogens (tertiary/aromatic N) is 2. The van der Waals surface area contributed by atoms with E-state index in [1.807, 2.05) is 13.8 Å². The fourth-order valence-corrected chi connectivity index (χ4v) is 1.90. The summed E-state index contributed by atoms with van der Waals surface area (Å²) in [6.07, 6.45) is -4.34. The highest BCUT2D eigenvalue weighted by Gasteiger charge is 2.30. The molecule has 0 saturated carbocycles. The average molecular weight is 301 g/mol. The van der Waals surface area contributed by atoms with E-state index in [1.165, 1.54) is 12.1 Å². The van der Waals surface area contributed by atoms with E-state index in [0.717, 1.165) is 17.8 Å². The minimum atomic E-state index is -4.34. The summed E-state index contributed by atoms with van der Waals surface area (Å²) in [5.74, 6) is 0.156. The topological polar surface area (TPSA) is 25.8 Å². The Balaban J connectivity index is 2.41. The molecular weight excluding hydrogens is 289 g/mol. The molecule has 2 nitrogen and oxygen atoms in total. The van der Waals surface area contributed by atoms with Crippen LogP contribution in [0, 0.1) is 0 Å². The van der Waals surface area contributed by atoms with Crippen LogP contribution in [-0.4, -0.2) is 9.97 Å². The minimum absolute atomic E-state index is 0.0890. The Labute approximate surface area is 119 Å². The highest BCUT2D eigenvalue weighted by atomic mass is 35.5. The molecule has 106 valence electrons. The molecule has 20 heavy (non-hydrogen) atoms. The normalized spacial score (nSPS) is 11.9. The summed E-state index contributed by atoms with van der Waals surface area (Å²) in [7, 11) is 0. The van der Waals surface area contributed by atoms with Crippen molar-refractivity contribution in [3.8, 4) is 11.3 Å². The molecule has 0 atom stereocenters. The van der Waals surface area contributed by atoms with Crippen LogP contribution < -0.4 is 0 Å². The molecule has 1 heterocycles. The number of benzene rings is 1. The lowest BCUT2D eigenvalue weighted by atomic mass is 10.1. The van der Waals surface area contributed by atoms with E-state index < -0.39 is 11.7 Å². The van der Waals surface area contributed by atoms with Gasteiger partial charge in [0.25, 0.3) is 0 Å². The number of hydrogen-bond acceptors (Lipinski definition) is 2. The summed E-state index contributed by atoms with van der Waals surface area (Å²) >= 11 is 5.85. The number of alkyl halides is 3. The van der Waals surface area contributed by atoms with Gasteiger partial charge in [-0.25, -0.2) is 9.97 Å². The van der Waals surface area contributed by atoms with Crippen molar-refractivity contribution in [3.05, 3.63) is 46.9 Å². The van der Waals surface area contributed by atoms with E-state index >= 15 is 0 Å². The third-order valence-electron chi connectivity index (χ3n) is 2.82. The van der Waals surface area contributed by atoms with Crippen molar-refractivity contribution >= 4 is 11.6 Å². The molecule has 0 saturated heterocycles. The van der Waals surface area contributed by atoms with E-state index in [4.69, 9.17) is 11.6 Å². The van der Waals surface area contributed by atoms with Gasteiger partial charge in [0.15, 0.2) is 0 Å². The van der Waals surface area contributed by atoms with Crippen LogP contribution in [0.1, 0.15) is 31.0 Å². The first-order valence-electron chi connectivity index (χ1n) is 5.99. The quantitative estimate of drug-likeness (QED) is 0.734. The van der Waals surface area contributed by atoms with Crippen molar-refractivity contribution in [2.75, 3.05) is 0 Å². The predicted molar refractivity (Wildman–Crippen MR) is 71.6 cm³/mol. The molecule has 2 aromatic rings. The molecule has 1 aromatic heterocycles. The van der Waals surface area contributed by atoms with Gasteiger partial charge < -0.3 is 0 Å². The molecule has 6 heteroatoms. The van der Waals surface area contributed by atoms with Gasteiger partial charge in [-0.3, -0.25) is 0 Å². The monoisotopic (exact) mass is 300 g/mol. The molecule has 2 rings (SSSR count). The van der Waals surface area contributed by atoms with Gasteiger partial charge in [0.2, 0.25) is 5.28 Å². The fraction of sp³-hybridized carbons (Fsp3) is 0.286. The Morgan fingerprint density at radius 3 is 2.15 bits per heavy atom. The van der Waals surface area contributed by atoms with Crippen LogP contribution in [0.2, 0.25) is 5.28 Å². The first kappa shape index (κ1) is 14.8. The Hall–Kier alpha value is -1.62. The summed E-state index contributed by atoms with van der Waals surface area (Å²) in [5, 5.41) is 0.0890. The zero-order valence-electron chi connectivity index (χ0n) is 10.9. The van der Waals surface area contributed by atoms with Crippen LogP contribution in [0.3, 0.4) is 0 Å². The Kier molecular flexibility index (Phi) is 3.99. The number of halogens is 4. The SMILES string of the molecule is CC(C)c1cc(-c2ccc(C(F)(F)F)cc2)nc(Cl)n1. The number of rotatable bonds is 2. The van der Waals surface area contributed by atoms with Crippen molar-refractivity contribution in [2.24, 2.45) is 0 Å². The van der Waals surface area contributed by atoms with Crippen molar-refractivity contribution in [1.82, 2.24) is 9.97 Å². The van der Waals surface area contributed by atoms with Crippen molar-refractivity contribution in [3.63, 3.8) is 0 Å². The van der Waals surface area contributed by atoms with Crippen molar-refractivity contribution in [2.45, 2.75) is 25.9 Å². The summed E-state index contributed by atoms with van der Waals surface area (Å²) in [5.41, 5.74) is 1.15. The van der Waals surface area contributed by atoms with Gasteiger partial charge in [0.05, 0.1) is 11.3 Å². The predicted octanol–water partition coefficient (Wildman–Crippen LogP) is 4.94. The van der Waals surface area contributed by atoms with E-state index in [0.29, 0.717) is 11.3 Å². The standard InChI is InChI=1S/C14H12ClF3N2/c1-8(2)11-7-12(20-13(15)19-11)9-3-5-10(6-4-9)14(16,17)18/h3-8H,1-2H3. The second-order valence-electron chi connectivity index (χ2n) is 4.68. The molecule has 0 fully saturated rings. The van der Waals surface area contributed by atoms with E-state index in [1.54, 1.807) is 6.07 Å². The second-order valence-corrected chi connectivity index (χ2v) is 5.01. The highest BCUT2D eigenvalue weighted by Crippen LogP contribution is 2.31. The zero-order chi connectivity index (χ0) is 14.9. The fourth-order valence-electron chi connectivity index (χ4n) is 1.71. The maximum atomic E-state index is 12.5. The van der Waals surface area contributed by atoms with Crippen LogP contribution in [0.15, 0.2) is 30.3 Å². The summed E-state index contributed by atoms with van der Waals surface area (Å²) in [6.45, 7) is 3.91. The number of aromatic nitrogens is 2. The van der Waals surface area contributed by atoms with Crippen molar-refractivity contribution in [1.29, 1.82) is 0 Å². The lowest BCUT2D eigenvalue weighted by Crippen LogP contribution is -2.04. The minimum Gasteiger partial charge on any atom is -0.223 e. The van der Waals surface area contributed by atoms with Gasteiger partial charge in [-0.1, -0.05) is 26.0 Å². The summed E-state index contributed by atoms with van der Waals surface area (Å²) < 4.78 is 37.5. The van der Waals surface area contributed by atoms with E-state index in [9.17, 15) is 13.2 Å². The smallest absolute Gasteiger partial charge is 0.223 e. The molecular formula is C14H12ClF3N2. The van der Waals surface area contributed by atoms with Gasteiger partial charge in [0.1, 0.15) is 0 Å². The Morgan fingerprint density at radius 1 is 1.05 bits per heavy atom. The summed E-state index contributed by atoms with van der Waals surface area (Å²) in [6, 6.07) is 6.55. The van der Waals surface area contributed by atoms with Gasteiger partial charge in [0, 0.05) is 11.3 Å². The Bertz CT molecular complexity index is 607. The van der Waals surface area contributed by atoms with Gasteiger partial charge in [-0.05, 0) is 35.7 Å². The molecule has 0 aliphatic heterocycles. The maximum absolute atomic E-state index is 12.5. The largest absolute Gasteiger partial charge is 0.416 e. The third kappa shape index (κ3) is 3.28. The first-order chi connectivity index (χ1) is 9.27. The second kappa shape index (κ2) is 5.40.